The Morgan fingerprint density at radius 1 is 1.30 bits per heavy atom. The molecule has 0 unspecified atom stereocenters. The Balaban J connectivity index is 1.76. The van der Waals surface area contributed by atoms with Gasteiger partial charge in [-0.1, -0.05) is 23.7 Å². The number of nitrogens with zero attached hydrogens (tertiary/aromatic N) is 1. The molecule has 0 bridgehead atoms. The Hall–Kier alpha value is -1.10. The van der Waals surface area contributed by atoms with Gasteiger partial charge in [-0.3, -0.25) is 9.69 Å². The monoisotopic (exact) mass is 295 g/mol. The van der Waals surface area contributed by atoms with Gasteiger partial charge in [0.2, 0.25) is 5.91 Å². The van der Waals surface area contributed by atoms with Crippen LogP contribution < -0.4 is 11.1 Å². The summed E-state index contributed by atoms with van der Waals surface area (Å²) in [5, 5.41) is 3.64. The summed E-state index contributed by atoms with van der Waals surface area (Å²) >= 11 is 5.88. The highest BCUT2D eigenvalue weighted by Gasteiger charge is 2.24. The lowest BCUT2D eigenvalue weighted by Crippen LogP contribution is -2.41. The molecule has 1 heterocycles. The fraction of sp³-hybridized carbons (Fsp3) is 0.533. The fourth-order valence-corrected chi connectivity index (χ4v) is 2.67. The molecule has 1 aliphatic rings. The van der Waals surface area contributed by atoms with Crippen LogP contribution in [0.15, 0.2) is 24.3 Å². The van der Waals surface area contributed by atoms with E-state index in [4.69, 9.17) is 17.3 Å². The molecule has 0 atom stereocenters. The zero-order valence-electron chi connectivity index (χ0n) is 11.6. The van der Waals surface area contributed by atoms with Crippen LogP contribution in [0.1, 0.15) is 18.4 Å². The summed E-state index contributed by atoms with van der Waals surface area (Å²) in [6.07, 6.45) is 1.84. The second-order valence-corrected chi connectivity index (χ2v) is 5.69. The third kappa shape index (κ3) is 4.47. The number of hydrogen-bond donors (Lipinski definition) is 2. The van der Waals surface area contributed by atoms with Gasteiger partial charge in [-0.05, 0) is 43.6 Å². The lowest BCUT2D eigenvalue weighted by atomic mass is 9.95. The summed E-state index contributed by atoms with van der Waals surface area (Å²) in [6, 6.07) is 7.96. The maximum atomic E-state index is 11.9. The number of piperidine rings is 1. The molecule has 0 aromatic heterocycles. The molecule has 4 nitrogen and oxygen atoms in total. The number of halogens is 1. The van der Waals surface area contributed by atoms with Gasteiger partial charge in [0.05, 0.1) is 0 Å². The first kappa shape index (κ1) is 15.3. The molecule has 0 spiro atoms. The average molecular weight is 296 g/mol. The quantitative estimate of drug-likeness (QED) is 0.868. The number of likely N-dealkylation sites (tertiary alicyclic amines) is 1. The highest BCUT2D eigenvalue weighted by Crippen LogP contribution is 2.19. The molecule has 0 radical (unpaired) electrons. The van der Waals surface area contributed by atoms with Crippen molar-refractivity contribution >= 4 is 17.5 Å². The van der Waals surface area contributed by atoms with E-state index in [9.17, 15) is 4.79 Å². The Bertz CT molecular complexity index is 427. The minimum Gasteiger partial charge on any atom is -0.355 e. The van der Waals surface area contributed by atoms with E-state index in [-0.39, 0.29) is 11.8 Å². The van der Waals surface area contributed by atoms with Crippen LogP contribution in [0.3, 0.4) is 0 Å². The van der Waals surface area contributed by atoms with Crippen LogP contribution in [0.2, 0.25) is 5.02 Å². The van der Waals surface area contributed by atoms with E-state index >= 15 is 0 Å². The Labute approximate surface area is 125 Å². The first-order valence-corrected chi connectivity index (χ1v) is 7.51. The molecule has 110 valence electrons. The number of nitrogens with two attached hydrogens (primary N) is 1. The normalized spacial score (nSPS) is 17.1. The van der Waals surface area contributed by atoms with Gasteiger partial charge in [0.25, 0.3) is 0 Å². The SMILES string of the molecule is NCCNC(=O)C1CCN(Cc2ccc(Cl)cc2)CC1. The van der Waals surface area contributed by atoms with Gasteiger partial charge in [-0.25, -0.2) is 0 Å². The number of nitrogens with one attached hydrogen (secondary N) is 1. The minimum atomic E-state index is 0.142. The molecule has 1 aromatic rings. The van der Waals surface area contributed by atoms with Gasteiger partial charge in [-0.2, -0.15) is 0 Å². The summed E-state index contributed by atoms with van der Waals surface area (Å²) in [7, 11) is 0. The lowest BCUT2D eigenvalue weighted by molar-refractivity contribution is -0.126. The van der Waals surface area contributed by atoms with Gasteiger partial charge in [0, 0.05) is 30.6 Å². The van der Waals surface area contributed by atoms with E-state index < -0.39 is 0 Å². The van der Waals surface area contributed by atoms with Crippen LogP contribution in [0.5, 0.6) is 0 Å². The average Bonchev–Trinajstić information content (AvgIpc) is 2.48. The van der Waals surface area contributed by atoms with E-state index in [1.807, 2.05) is 12.1 Å². The highest BCUT2D eigenvalue weighted by atomic mass is 35.5. The molecule has 1 aromatic carbocycles. The van der Waals surface area contributed by atoms with E-state index in [2.05, 4.69) is 22.3 Å². The van der Waals surface area contributed by atoms with E-state index in [0.717, 1.165) is 37.5 Å². The van der Waals surface area contributed by atoms with Crippen molar-refractivity contribution in [2.45, 2.75) is 19.4 Å². The molecule has 5 heteroatoms. The Morgan fingerprint density at radius 3 is 2.55 bits per heavy atom. The van der Waals surface area contributed by atoms with Gasteiger partial charge in [0.1, 0.15) is 0 Å². The molecule has 20 heavy (non-hydrogen) atoms. The van der Waals surface area contributed by atoms with Crippen LogP contribution in [-0.4, -0.2) is 37.0 Å². The van der Waals surface area contributed by atoms with Crippen LogP contribution >= 0.6 is 11.6 Å². The van der Waals surface area contributed by atoms with Crippen molar-refractivity contribution in [1.82, 2.24) is 10.2 Å². The predicted molar refractivity (Wildman–Crippen MR) is 81.5 cm³/mol. The number of rotatable bonds is 5. The van der Waals surface area contributed by atoms with Gasteiger partial charge in [0.15, 0.2) is 0 Å². The lowest BCUT2D eigenvalue weighted by Gasteiger charge is -2.31. The van der Waals surface area contributed by atoms with Crippen molar-refractivity contribution in [3.63, 3.8) is 0 Å². The molecular weight excluding hydrogens is 274 g/mol. The molecule has 3 N–H and O–H groups in total. The first-order chi connectivity index (χ1) is 9.69. The predicted octanol–water partition coefficient (Wildman–Crippen LogP) is 1.63. The van der Waals surface area contributed by atoms with Gasteiger partial charge < -0.3 is 11.1 Å². The zero-order valence-corrected chi connectivity index (χ0v) is 12.4. The smallest absolute Gasteiger partial charge is 0.223 e. The fourth-order valence-electron chi connectivity index (χ4n) is 2.54. The van der Waals surface area contributed by atoms with Gasteiger partial charge >= 0.3 is 0 Å². The molecule has 1 fully saturated rings. The van der Waals surface area contributed by atoms with Crippen molar-refractivity contribution in [3.05, 3.63) is 34.9 Å². The summed E-state index contributed by atoms with van der Waals surface area (Å²) < 4.78 is 0. The third-order valence-electron chi connectivity index (χ3n) is 3.72. The minimum absolute atomic E-state index is 0.142. The Morgan fingerprint density at radius 2 is 1.95 bits per heavy atom. The molecule has 2 rings (SSSR count). The number of carbonyl (C=O) groups excluding carboxylic acids is 1. The molecule has 1 amide bonds. The van der Waals surface area contributed by atoms with Crippen molar-refractivity contribution in [2.24, 2.45) is 11.7 Å². The van der Waals surface area contributed by atoms with Gasteiger partial charge in [-0.15, -0.1) is 0 Å². The molecule has 1 saturated heterocycles. The highest BCUT2D eigenvalue weighted by molar-refractivity contribution is 6.30. The van der Waals surface area contributed by atoms with E-state index in [1.54, 1.807) is 0 Å². The maximum absolute atomic E-state index is 11.9. The van der Waals surface area contributed by atoms with Crippen LogP contribution in [0.25, 0.3) is 0 Å². The van der Waals surface area contributed by atoms with E-state index in [0.29, 0.717) is 13.1 Å². The number of benzene rings is 1. The number of carbonyl (C=O) groups is 1. The van der Waals surface area contributed by atoms with Crippen LogP contribution in [-0.2, 0) is 11.3 Å². The molecule has 0 aliphatic carbocycles. The molecule has 0 saturated carbocycles. The van der Waals surface area contributed by atoms with Crippen molar-refractivity contribution in [1.29, 1.82) is 0 Å². The third-order valence-corrected chi connectivity index (χ3v) is 3.97. The van der Waals surface area contributed by atoms with Crippen LogP contribution in [0.4, 0.5) is 0 Å². The van der Waals surface area contributed by atoms with Crippen LogP contribution in [0, 0.1) is 5.92 Å². The number of amides is 1. The number of hydrogen-bond acceptors (Lipinski definition) is 3. The van der Waals surface area contributed by atoms with Crippen molar-refractivity contribution in [3.8, 4) is 0 Å². The molecular formula is C15H22ClN3O. The summed E-state index contributed by atoms with van der Waals surface area (Å²) in [5.41, 5.74) is 6.66. The standard InChI is InChI=1S/C15H22ClN3O/c16-14-3-1-12(2-4-14)11-19-9-5-13(6-10-19)15(20)18-8-7-17/h1-4,13H,5-11,17H2,(H,18,20). The Kier molecular flexibility index (Phi) is 5.83. The largest absolute Gasteiger partial charge is 0.355 e. The zero-order chi connectivity index (χ0) is 14.4. The summed E-state index contributed by atoms with van der Waals surface area (Å²) in [5.74, 6) is 0.296. The van der Waals surface area contributed by atoms with Crippen molar-refractivity contribution in [2.75, 3.05) is 26.2 Å². The van der Waals surface area contributed by atoms with Crippen molar-refractivity contribution < 1.29 is 4.79 Å². The topological polar surface area (TPSA) is 58.4 Å². The van der Waals surface area contributed by atoms with E-state index in [1.165, 1.54) is 5.56 Å². The maximum Gasteiger partial charge on any atom is 0.223 e. The first-order valence-electron chi connectivity index (χ1n) is 7.13. The summed E-state index contributed by atoms with van der Waals surface area (Å²) in [4.78, 5) is 14.2. The second-order valence-electron chi connectivity index (χ2n) is 5.26. The summed E-state index contributed by atoms with van der Waals surface area (Å²) in [6.45, 7) is 3.92. The molecule has 1 aliphatic heterocycles. The second kappa shape index (κ2) is 7.62.